The molecule has 0 bridgehead atoms. The van der Waals surface area contributed by atoms with Crippen molar-refractivity contribution in [3.8, 4) is 11.5 Å². The summed E-state index contributed by atoms with van der Waals surface area (Å²) in [6, 6.07) is 5.17. The van der Waals surface area contributed by atoms with Crippen LogP contribution in [0.2, 0.25) is 0 Å². The van der Waals surface area contributed by atoms with E-state index in [0.717, 1.165) is 0 Å². The average molecular weight is 256 g/mol. The lowest BCUT2D eigenvalue weighted by Crippen LogP contribution is -2.39. The maximum absolute atomic E-state index is 10.5. The summed E-state index contributed by atoms with van der Waals surface area (Å²) in [7, 11) is 6.05. The molecule has 1 atom stereocenters. The Morgan fingerprint density at radius 2 is 1.56 bits per heavy atom. The van der Waals surface area contributed by atoms with Gasteiger partial charge in [-0.25, -0.2) is 0 Å². The normalized spacial score (nSPS) is 14.4. The van der Waals surface area contributed by atoms with Crippen molar-refractivity contribution < 1.29 is 24.1 Å². The van der Waals surface area contributed by atoms with E-state index in [4.69, 9.17) is 18.9 Å². The standard InChI is InChI=1S/C13H20O5/c1-13(14,12(17-4)18-5)9-6-7-10(15-2)11(8-9)16-3/h6-8,12,14H,1-5H3. The second-order valence-electron chi connectivity index (χ2n) is 4.02. The van der Waals surface area contributed by atoms with E-state index in [9.17, 15) is 5.11 Å². The number of aliphatic hydroxyl groups is 1. The van der Waals surface area contributed by atoms with Gasteiger partial charge in [-0.15, -0.1) is 0 Å². The van der Waals surface area contributed by atoms with Gasteiger partial charge >= 0.3 is 0 Å². The molecule has 0 saturated heterocycles. The molecule has 0 amide bonds. The fourth-order valence-electron chi connectivity index (χ4n) is 1.84. The summed E-state index contributed by atoms with van der Waals surface area (Å²) in [6.45, 7) is 1.62. The van der Waals surface area contributed by atoms with E-state index in [1.807, 2.05) is 0 Å². The highest BCUT2D eigenvalue weighted by atomic mass is 16.7. The SMILES string of the molecule is COc1ccc(C(C)(O)C(OC)OC)cc1OC. The van der Waals surface area contributed by atoms with Gasteiger partial charge in [-0.2, -0.15) is 0 Å². The molecule has 0 aliphatic heterocycles. The largest absolute Gasteiger partial charge is 0.493 e. The van der Waals surface area contributed by atoms with Crippen LogP contribution >= 0.6 is 0 Å². The number of rotatable bonds is 6. The fraction of sp³-hybridized carbons (Fsp3) is 0.538. The Morgan fingerprint density at radius 3 is 2.00 bits per heavy atom. The lowest BCUT2D eigenvalue weighted by atomic mass is 9.95. The van der Waals surface area contributed by atoms with Gasteiger partial charge in [0.2, 0.25) is 0 Å². The third-order valence-corrected chi connectivity index (χ3v) is 2.86. The van der Waals surface area contributed by atoms with E-state index in [1.54, 1.807) is 39.3 Å². The molecule has 0 aliphatic rings. The lowest BCUT2D eigenvalue weighted by molar-refractivity contribution is -0.213. The van der Waals surface area contributed by atoms with Crippen molar-refractivity contribution in [2.75, 3.05) is 28.4 Å². The van der Waals surface area contributed by atoms with E-state index in [-0.39, 0.29) is 0 Å². The molecule has 0 aliphatic carbocycles. The Labute approximate surface area is 107 Å². The van der Waals surface area contributed by atoms with Gasteiger partial charge in [0, 0.05) is 14.2 Å². The van der Waals surface area contributed by atoms with Crippen LogP contribution in [-0.2, 0) is 15.1 Å². The van der Waals surface area contributed by atoms with Crippen LogP contribution in [0.5, 0.6) is 11.5 Å². The Balaban J connectivity index is 3.16. The number of hydrogen-bond donors (Lipinski definition) is 1. The topological polar surface area (TPSA) is 57.2 Å². The zero-order chi connectivity index (χ0) is 13.8. The van der Waals surface area contributed by atoms with Gasteiger partial charge in [0.25, 0.3) is 0 Å². The van der Waals surface area contributed by atoms with Crippen LogP contribution in [0.15, 0.2) is 18.2 Å². The molecular weight excluding hydrogens is 236 g/mol. The highest BCUT2D eigenvalue weighted by Crippen LogP contribution is 2.34. The molecular formula is C13H20O5. The second-order valence-corrected chi connectivity index (χ2v) is 4.02. The third-order valence-electron chi connectivity index (χ3n) is 2.86. The molecule has 1 N–H and O–H groups in total. The first-order chi connectivity index (χ1) is 8.51. The smallest absolute Gasteiger partial charge is 0.189 e. The van der Waals surface area contributed by atoms with Gasteiger partial charge in [0.1, 0.15) is 5.60 Å². The highest BCUT2D eigenvalue weighted by molar-refractivity contribution is 5.44. The second kappa shape index (κ2) is 6.04. The van der Waals surface area contributed by atoms with Crippen molar-refractivity contribution in [2.45, 2.75) is 18.8 Å². The van der Waals surface area contributed by atoms with Crippen LogP contribution < -0.4 is 9.47 Å². The minimum absolute atomic E-state index is 0.543. The molecule has 0 fully saturated rings. The predicted octanol–water partition coefficient (Wildman–Crippen LogP) is 1.53. The molecule has 1 aromatic carbocycles. The van der Waals surface area contributed by atoms with Crippen molar-refractivity contribution in [1.29, 1.82) is 0 Å². The first-order valence-corrected chi connectivity index (χ1v) is 5.51. The zero-order valence-corrected chi connectivity index (χ0v) is 11.4. The Kier molecular flexibility index (Phi) is 4.95. The van der Waals surface area contributed by atoms with E-state index in [0.29, 0.717) is 17.1 Å². The minimum atomic E-state index is -1.29. The maximum Gasteiger partial charge on any atom is 0.189 e. The Hall–Kier alpha value is -1.30. The zero-order valence-electron chi connectivity index (χ0n) is 11.4. The summed E-state index contributed by atoms with van der Waals surface area (Å²) in [6.07, 6.45) is -0.768. The molecule has 5 nitrogen and oxygen atoms in total. The quantitative estimate of drug-likeness (QED) is 0.782. The molecule has 5 heteroatoms. The first-order valence-electron chi connectivity index (χ1n) is 5.51. The van der Waals surface area contributed by atoms with Crippen LogP contribution in [0.4, 0.5) is 0 Å². The van der Waals surface area contributed by atoms with Gasteiger partial charge < -0.3 is 24.1 Å². The highest BCUT2D eigenvalue weighted by Gasteiger charge is 2.35. The maximum atomic E-state index is 10.5. The summed E-state index contributed by atoms with van der Waals surface area (Å²) in [5.41, 5.74) is -0.669. The fourth-order valence-corrected chi connectivity index (χ4v) is 1.84. The molecule has 0 saturated carbocycles. The van der Waals surface area contributed by atoms with E-state index in [2.05, 4.69) is 0 Å². The number of ether oxygens (including phenoxy) is 4. The van der Waals surface area contributed by atoms with Crippen molar-refractivity contribution >= 4 is 0 Å². The molecule has 18 heavy (non-hydrogen) atoms. The predicted molar refractivity (Wildman–Crippen MR) is 66.9 cm³/mol. The summed E-state index contributed by atoms with van der Waals surface area (Å²) in [5.74, 6) is 1.14. The summed E-state index contributed by atoms with van der Waals surface area (Å²) in [5, 5.41) is 10.5. The van der Waals surface area contributed by atoms with Crippen LogP contribution in [0.25, 0.3) is 0 Å². The van der Waals surface area contributed by atoms with Crippen molar-refractivity contribution in [3.05, 3.63) is 23.8 Å². The van der Waals surface area contributed by atoms with Gasteiger partial charge in [-0.05, 0) is 24.6 Å². The minimum Gasteiger partial charge on any atom is -0.493 e. The summed E-state index contributed by atoms with van der Waals surface area (Å²) >= 11 is 0. The number of benzene rings is 1. The van der Waals surface area contributed by atoms with Crippen LogP contribution in [0.3, 0.4) is 0 Å². The summed E-state index contributed by atoms with van der Waals surface area (Å²) in [4.78, 5) is 0. The van der Waals surface area contributed by atoms with Crippen LogP contribution in [0.1, 0.15) is 12.5 Å². The van der Waals surface area contributed by atoms with Gasteiger partial charge in [-0.3, -0.25) is 0 Å². The lowest BCUT2D eigenvalue weighted by Gasteiger charge is -2.31. The van der Waals surface area contributed by atoms with Crippen molar-refractivity contribution in [3.63, 3.8) is 0 Å². The molecule has 1 unspecified atom stereocenters. The van der Waals surface area contributed by atoms with Gasteiger partial charge in [-0.1, -0.05) is 6.07 Å². The molecule has 102 valence electrons. The monoisotopic (exact) mass is 256 g/mol. The van der Waals surface area contributed by atoms with Gasteiger partial charge in [0.05, 0.1) is 14.2 Å². The Morgan fingerprint density at radius 1 is 1.00 bits per heavy atom. The molecule has 0 radical (unpaired) electrons. The first kappa shape index (κ1) is 14.8. The average Bonchev–Trinajstić information content (AvgIpc) is 2.38. The van der Waals surface area contributed by atoms with Crippen LogP contribution in [0, 0.1) is 0 Å². The molecule has 0 heterocycles. The summed E-state index contributed by atoms with van der Waals surface area (Å²) < 4.78 is 20.6. The van der Waals surface area contributed by atoms with Crippen molar-refractivity contribution in [1.82, 2.24) is 0 Å². The molecule has 0 aromatic heterocycles. The van der Waals surface area contributed by atoms with E-state index in [1.165, 1.54) is 14.2 Å². The molecule has 1 rings (SSSR count). The number of methoxy groups -OCH3 is 4. The third kappa shape index (κ3) is 2.75. The molecule has 0 spiro atoms. The van der Waals surface area contributed by atoms with Gasteiger partial charge in [0.15, 0.2) is 17.8 Å². The van der Waals surface area contributed by atoms with Crippen LogP contribution in [-0.4, -0.2) is 39.8 Å². The molecule has 1 aromatic rings. The number of hydrogen-bond acceptors (Lipinski definition) is 5. The van der Waals surface area contributed by atoms with Crippen molar-refractivity contribution in [2.24, 2.45) is 0 Å². The van der Waals surface area contributed by atoms with E-state index < -0.39 is 11.9 Å². The Bertz CT molecular complexity index is 385. The van der Waals surface area contributed by atoms with E-state index >= 15 is 0 Å².